The molecule has 0 radical (unpaired) electrons. The average molecular weight is 436 g/mol. The fourth-order valence-corrected chi connectivity index (χ4v) is 3.53. The third-order valence-corrected chi connectivity index (χ3v) is 5.25. The van der Waals surface area contributed by atoms with Crippen LogP contribution in [0.2, 0.25) is 5.02 Å². The van der Waals surface area contributed by atoms with Gasteiger partial charge in [0, 0.05) is 37.1 Å². The molecule has 4 nitrogen and oxygen atoms in total. The molecule has 2 aromatic carbocycles. The maximum atomic E-state index is 15.3. The molecule has 0 aliphatic heterocycles. The highest BCUT2D eigenvalue weighted by Crippen LogP contribution is 2.36. The summed E-state index contributed by atoms with van der Waals surface area (Å²) in [6, 6.07) is 11.8. The zero-order valence-corrected chi connectivity index (χ0v) is 18.8. The maximum Gasteiger partial charge on any atom is 0.181 e. The lowest BCUT2D eigenvalue weighted by molar-refractivity contribution is -0.122. The van der Waals surface area contributed by atoms with Crippen LogP contribution >= 0.6 is 11.6 Å². The van der Waals surface area contributed by atoms with Gasteiger partial charge in [-0.05, 0) is 37.0 Å². The molecule has 0 bridgehead atoms. The Morgan fingerprint density at radius 3 is 2.50 bits per heavy atom. The van der Waals surface area contributed by atoms with Crippen LogP contribution < -0.4 is 10.1 Å². The number of ketones is 1. The van der Waals surface area contributed by atoms with Crippen LogP contribution in [0, 0.1) is 11.2 Å². The smallest absolute Gasteiger partial charge is 0.181 e. The molecule has 0 spiro atoms. The highest BCUT2D eigenvalue weighted by molar-refractivity contribution is 6.32. The summed E-state index contributed by atoms with van der Waals surface area (Å²) in [5.74, 6) is 0.0511. The Labute approximate surface area is 183 Å². The third-order valence-electron chi connectivity index (χ3n) is 4.95. The zero-order chi connectivity index (χ0) is 22.3. The van der Waals surface area contributed by atoms with Gasteiger partial charge in [0.15, 0.2) is 11.6 Å². The van der Waals surface area contributed by atoms with Crippen molar-refractivity contribution in [3.8, 4) is 11.5 Å². The molecule has 0 heterocycles. The summed E-state index contributed by atoms with van der Waals surface area (Å²) in [5.41, 5.74) is 0.00948. The van der Waals surface area contributed by atoms with Crippen molar-refractivity contribution in [2.45, 2.75) is 59.0 Å². The van der Waals surface area contributed by atoms with Gasteiger partial charge >= 0.3 is 0 Å². The minimum Gasteiger partial charge on any atom is -0.453 e. The Morgan fingerprint density at radius 2 is 1.90 bits per heavy atom. The van der Waals surface area contributed by atoms with Crippen molar-refractivity contribution >= 4 is 17.4 Å². The van der Waals surface area contributed by atoms with Gasteiger partial charge in [-0.3, -0.25) is 4.79 Å². The molecule has 2 aromatic rings. The first-order valence-corrected chi connectivity index (χ1v) is 10.6. The predicted octanol–water partition coefficient (Wildman–Crippen LogP) is 6.07. The Morgan fingerprint density at radius 1 is 1.23 bits per heavy atom. The molecular weight excluding hydrogens is 405 g/mol. The van der Waals surface area contributed by atoms with Gasteiger partial charge in [0.1, 0.15) is 11.5 Å². The molecule has 0 amide bonds. The van der Waals surface area contributed by atoms with Crippen molar-refractivity contribution in [2.24, 2.45) is 5.41 Å². The minimum atomic E-state index is -0.509. The molecule has 0 aromatic heterocycles. The molecule has 0 saturated heterocycles. The van der Waals surface area contributed by atoms with Gasteiger partial charge in [0.25, 0.3) is 0 Å². The largest absolute Gasteiger partial charge is 0.453 e. The second-order valence-corrected chi connectivity index (χ2v) is 8.87. The van der Waals surface area contributed by atoms with Crippen molar-refractivity contribution in [3.63, 3.8) is 0 Å². The van der Waals surface area contributed by atoms with Crippen LogP contribution in [0.25, 0.3) is 0 Å². The SMILES string of the molecule is CC[C@@H](N[C@H](C)CC(=O)CC(C)(C)CO)c1ccc(Cl)c(Oc2ccccc2)c1F. The predicted molar refractivity (Wildman–Crippen MR) is 119 cm³/mol. The second kappa shape index (κ2) is 10.9. The summed E-state index contributed by atoms with van der Waals surface area (Å²) in [7, 11) is 0. The third kappa shape index (κ3) is 6.79. The molecule has 2 N–H and O–H groups in total. The Kier molecular flexibility index (Phi) is 8.83. The van der Waals surface area contributed by atoms with Crippen molar-refractivity contribution in [1.29, 1.82) is 0 Å². The molecule has 2 rings (SSSR count). The topological polar surface area (TPSA) is 58.6 Å². The fourth-order valence-electron chi connectivity index (χ4n) is 3.35. The number of halogens is 2. The Bertz CT molecular complexity index is 842. The number of rotatable bonds is 11. The molecule has 30 heavy (non-hydrogen) atoms. The summed E-state index contributed by atoms with van der Waals surface area (Å²) >= 11 is 6.20. The van der Waals surface area contributed by atoms with Gasteiger partial charge in [-0.1, -0.05) is 56.6 Å². The molecule has 0 aliphatic carbocycles. The van der Waals surface area contributed by atoms with E-state index in [-0.39, 0.29) is 35.2 Å². The van der Waals surface area contributed by atoms with Gasteiger partial charge in [-0.15, -0.1) is 0 Å². The zero-order valence-electron chi connectivity index (χ0n) is 18.0. The molecule has 164 valence electrons. The van der Waals surface area contributed by atoms with Crippen LogP contribution in [0.1, 0.15) is 58.6 Å². The molecular formula is C24H31ClFNO3. The van der Waals surface area contributed by atoms with E-state index in [1.165, 1.54) is 0 Å². The number of aliphatic hydroxyl groups excluding tert-OH is 1. The van der Waals surface area contributed by atoms with Gasteiger partial charge in [0.2, 0.25) is 0 Å². The molecule has 0 aliphatic rings. The number of hydrogen-bond donors (Lipinski definition) is 2. The van der Waals surface area contributed by atoms with Gasteiger partial charge in [-0.2, -0.15) is 0 Å². The number of nitrogens with one attached hydrogen (secondary N) is 1. The summed E-state index contributed by atoms with van der Waals surface area (Å²) in [5, 5.41) is 12.9. The maximum absolute atomic E-state index is 15.3. The van der Waals surface area contributed by atoms with Crippen molar-refractivity contribution in [3.05, 3.63) is 58.9 Å². The standard InChI is InChI=1S/C24H31ClFNO3/c1-5-21(27-16(2)13-17(29)14-24(3,4)15-28)19-11-12-20(25)23(22(19)26)30-18-9-7-6-8-10-18/h6-12,16,21,27-28H,5,13-15H2,1-4H3/t16-,21-/m1/s1. The summed E-state index contributed by atoms with van der Waals surface area (Å²) in [6.07, 6.45) is 1.24. The number of carbonyl (C=O) groups excluding carboxylic acids is 1. The van der Waals surface area contributed by atoms with Crippen molar-refractivity contribution in [2.75, 3.05) is 6.61 Å². The number of hydrogen-bond acceptors (Lipinski definition) is 4. The van der Waals surface area contributed by atoms with E-state index >= 15 is 4.39 Å². The van der Waals surface area contributed by atoms with Crippen molar-refractivity contribution in [1.82, 2.24) is 5.32 Å². The van der Waals surface area contributed by atoms with E-state index in [0.29, 0.717) is 30.6 Å². The summed E-state index contributed by atoms with van der Waals surface area (Å²) in [6.45, 7) is 7.53. The van der Waals surface area contributed by atoms with Crippen LogP contribution in [-0.2, 0) is 4.79 Å². The lowest BCUT2D eigenvalue weighted by Gasteiger charge is -2.25. The normalized spacial score (nSPS) is 13.7. The van der Waals surface area contributed by atoms with Gasteiger partial charge in [0.05, 0.1) is 5.02 Å². The fraction of sp³-hybridized carbons (Fsp3) is 0.458. The van der Waals surface area contributed by atoms with Crippen LogP contribution in [0.4, 0.5) is 4.39 Å². The first-order valence-electron chi connectivity index (χ1n) is 10.3. The van der Waals surface area contributed by atoms with E-state index in [1.54, 1.807) is 36.4 Å². The first-order chi connectivity index (χ1) is 14.2. The molecule has 0 saturated carbocycles. The summed E-state index contributed by atoms with van der Waals surface area (Å²) in [4.78, 5) is 12.3. The number of ether oxygens (including phenoxy) is 1. The number of aliphatic hydroxyl groups is 1. The van der Waals surface area contributed by atoms with E-state index < -0.39 is 11.2 Å². The second-order valence-electron chi connectivity index (χ2n) is 8.47. The Balaban J connectivity index is 2.14. The van der Waals surface area contributed by atoms with E-state index in [9.17, 15) is 9.90 Å². The molecule has 0 fully saturated rings. The highest BCUT2D eigenvalue weighted by atomic mass is 35.5. The molecule has 6 heteroatoms. The average Bonchev–Trinajstić information content (AvgIpc) is 2.70. The van der Waals surface area contributed by atoms with E-state index in [1.807, 2.05) is 33.8 Å². The lowest BCUT2D eigenvalue weighted by atomic mass is 9.87. The van der Waals surface area contributed by atoms with Crippen molar-refractivity contribution < 1.29 is 19.0 Å². The number of Topliss-reactive ketones (excluding diaryl/α,β-unsaturated/α-hetero) is 1. The number of para-hydroxylation sites is 1. The molecule has 0 unspecified atom stereocenters. The van der Waals surface area contributed by atoms with Gasteiger partial charge < -0.3 is 15.2 Å². The monoisotopic (exact) mass is 435 g/mol. The van der Waals surface area contributed by atoms with Crippen LogP contribution in [0.15, 0.2) is 42.5 Å². The van der Waals surface area contributed by atoms with Crippen LogP contribution in [0.5, 0.6) is 11.5 Å². The minimum absolute atomic E-state index is 0.00552. The van der Waals surface area contributed by atoms with E-state index in [4.69, 9.17) is 16.3 Å². The van der Waals surface area contributed by atoms with Crippen LogP contribution in [0.3, 0.4) is 0 Å². The highest BCUT2D eigenvalue weighted by Gasteiger charge is 2.25. The molecule has 2 atom stereocenters. The first kappa shape index (κ1) is 24.3. The number of carbonyl (C=O) groups is 1. The van der Waals surface area contributed by atoms with E-state index in [0.717, 1.165) is 0 Å². The Hall–Kier alpha value is -1.95. The van der Waals surface area contributed by atoms with E-state index in [2.05, 4.69) is 5.32 Å². The summed E-state index contributed by atoms with van der Waals surface area (Å²) < 4.78 is 21.0. The quantitative estimate of drug-likeness (QED) is 0.449. The van der Waals surface area contributed by atoms with Crippen LogP contribution in [-0.4, -0.2) is 23.5 Å². The number of benzene rings is 2. The van der Waals surface area contributed by atoms with Gasteiger partial charge in [-0.25, -0.2) is 4.39 Å². The lowest BCUT2D eigenvalue weighted by Crippen LogP contribution is -2.34.